The van der Waals surface area contributed by atoms with Gasteiger partial charge >= 0.3 is 0 Å². The third kappa shape index (κ3) is 6.59. The first-order chi connectivity index (χ1) is 14.8. The minimum absolute atomic E-state index is 0.0652. The summed E-state index contributed by atoms with van der Waals surface area (Å²) in [6, 6.07) is 0.601. The molecule has 3 heterocycles. The summed E-state index contributed by atoms with van der Waals surface area (Å²) in [5, 5.41) is 12.5. The molecule has 0 bridgehead atoms. The van der Waals surface area contributed by atoms with E-state index >= 15 is 0 Å². The van der Waals surface area contributed by atoms with E-state index in [2.05, 4.69) is 46.2 Å². The summed E-state index contributed by atoms with van der Waals surface area (Å²) in [5.41, 5.74) is 1.54. The van der Waals surface area contributed by atoms with Crippen LogP contribution in [0.5, 0.6) is 0 Å². The maximum Gasteiger partial charge on any atom is 0.113 e. The SMILES string of the molecule is [B]C([B])([B])NC1CC(C)NC(NC2CC3OCCOC3C(C3=CCN(C)CCC3)C2)N1. The molecule has 7 atom stereocenters. The standard InChI is InChI=1S/C21H36B3N5O2/c1-13-10-18(28-21(22,23)24)27-20(25-13)26-15-11-16(14-4-3-6-29(2)7-5-14)19-17(12-15)30-8-9-31-19/h5,13,15-20,25-28H,3-4,6-12H2,1-2H3. The molecule has 0 spiro atoms. The number of nitrogens with zero attached hydrogens (tertiary/aromatic N) is 1. The molecular formula is C21H36B3N5O2. The van der Waals surface area contributed by atoms with E-state index in [1.54, 1.807) is 0 Å². The van der Waals surface area contributed by atoms with Crippen molar-refractivity contribution in [3.63, 3.8) is 0 Å². The van der Waals surface area contributed by atoms with Crippen LogP contribution in [0.4, 0.5) is 0 Å². The molecule has 3 aliphatic heterocycles. The van der Waals surface area contributed by atoms with Gasteiger partial charge in [-0.3, -0.25) is 16.0 Å². The predicted octanol–water partition coefficient (Wildman–Crippen LogP) is -0.922. The highest BCUT2D eigenvalue weighted by molar-refractivity contribution is 6.59. The minimum Gasteiger partial charge on any atom is -0.373 e. The lowest BCUT2D eigenvalue weighted by Crippen LogP contribution is -2.71. The highest BCUT2D eigenvalue weighted by Crippen LogP contribution is 2.38. The van der Waals surface area contributed by atoms with Crippen LogP contribution in [0.25, 0.3) is 0 Å². The lowest BCUT2D eigenvalue weighted by Gasteiger charge is -2.47. The lowest BCUT2D eigenvalue weighted by atomic mass is 9.49. The van der Waals surface area contributed by atoms with Gasteiger partial charge in [-0.2, -0.15) is 0 Å². The first-order valence-corrected chi connectivity index (χ1v) is 11.8. The van der Waals surface area contributed by atoms with Gasteiger partial charge in [-0.15, -0.1) is 0 Å². The quantitative estimate of drug-likeness (QED) is 0.337. The molecule has 7 nitrogen and oxygen atoms in total. The van der Waals surface area contributed by atoms with Gasteiger partial charge in [0.25, 0.3) is 0 Å². The molecule has 0 aromatic carbocycles. The average molecular weight is 423 g/mol. The third-order valence-electron chi connectivity index (χ3n) is 6.93. The molecule has 1 saturated carbocycles. The first kappa shape index (κ1) is 23.8. The molecule has 0 aromatic heterocycles. The Kier molecular flexibility index (Phi) is 7.90. The molecular weight excluding hydrogens is 387 g/mol. The number of rotatable bonds is 5. The van der Waals surface area contributed by atoms with Gasteiger partial charge in [-0.1, -0.05) is 16.9 Å². The van der Waals surface area contributed by atoms with E-state index in [1.165, 1.54) is 12.0 Å². The molecule has 3 fully saturated rings. The number of fused-ring (bicyclic) bond motifs is 1. The van der Waals surface area contributed by atoms with Gasteiger partial charge in [0, 0.05) is 24.5 Å². The largest absolute Gasteiger partial charge is 0.373 e. The summed E-state index contributed by atoms with van der Waals surface area (Å²) in [6.07, 6.45) is 7.74. The molecule has 0 aromatic rings. The minimum atomic E-state index is -1.41. The van der Waals surface area contributed by atoms with Crippen LogP contribution in [0.2, 0.25) is 0 Å². The molecule has 4 aliphatic rings. The zero-order valence-electron chi connectivity index (χ0n) is 19.0. The van der Waals surface area contributed by atoms with Crippen LogP contribution in [-0.4, -0.2) is 104 Å². The van der Waals surface area contributed by atoms with E-state index in [9.17, 15) is 0 Å². The fourth-order valence-corrected chi connectivity index (χ4v) is 5.59. The van der Waals surface area contributed by atoms with Crippen LogP contribution < -0.4 is 21.3 Å². The van der Waals surface area contributed by atoms with Crippen molar-refractivity contribution in [2.75, 3.05) is 33.4 Å². The molecule has 166 valence electrons. The number of hydrogen-bond donors (Lipinski definition) is 4. The van der Waals surface area contributed by atoms with Crippen molar-refractivity contribution in [3.05, 3.63) is 11.6 Å². The molecule has 0 amide bonds. The Hall–Kier alpha value is -0.345. The van der Waals surface area contributed by atoms with Crippen LogP contribution in [-0.2, 0) is 9.47 Å². The van der Waals surface area contributed by atoms with Gasteiger partial charge in [-0.25, -0.2) is 0 Å². The maximum atomic E-state index is 6.25. The molecule has 7 unspecified atom stereocenters. The Balaban J connectivity index is 1.43. The highest BCUT2D eigenvalue weighted by atomic mass is 16.6. The van der Waals surface area contributed by atoms with E-state index < -0.39 is 5.24 Å². The van der Waals surface area contributed by atoms with E-state index in [1.807, 2.05) is 0 Å². The summed E-state index contributed by atoms with van der Waals surface area (Å²) in [5.74, 6) is 0.391. The van der Waals surface area contributed by atoms with Crippen LogP contribution in [0.15, 0.2) is 11.6 Å². The Labute approximate surface area is 191 Å². The molecule has 4 N–H and O–H groups in total. The highest BCUT2D eigenvalue weighted by Gasteiger charge is 2.43. The van der Waals surface area contributed by atoms with Crippen molar-refractivity contribution in [1.29, 1.82) is 0 Å². The second-order valence-electron chi connectivity index (χ2n) is 9.86. The van der Waals surface area contributed by atoms with E-state index in [0.717, 1.165) is 38.8 Å². The van der Waals surface area contributed by atoms with Gasteiger partial charge in [0.05, 0.1) is 55.1 Å². The Morgan fingerprint density at radius 2 is 1.94 bits per heavy atom. The number of hydrogen-bond acceptors (Lipinski definition) is 7. The second-order valence-corrected chi connectivity index (χ2v) is 9.86. The number of nitrogens with one attached hydrogen (secondary N) is 4. The first-order valence-electron chi connectivity index (χ1n) is 11.8. The van der Waals surface area contributed by atoms with E-state index in [-0.39, 0.29) is 24.7 Å². The fraction of sp³-hybridized carbons (Fsp3) is 0.905. The summed E-state index contributed by atoms with van der Waals surface area (Å²) in [4.78, 5) is 2.39. The summed E-state index contributed by atoms with van der Waals surface area (Å²) >= 11 is 0. The third-order valence-corrected chi connectivity index (χ3v) is 6.93. The van der Waals surface area contributed by atoms with Crippen molar-refractivity contribution in [1.82, 2.24) is 26.2 Å². The molecule has 10 heteroatoms. The average Bonchev–Trinajstić information content (AvgIpc) is 2.90. The summed E-state index contributed by atoms with van der Waals surface area (Å²) in [6.45, 7) is 5.68. The molecule has 31 heavy (non-hydrogen) atoms. The van der Waals surface area contributed by atoms with Crippen molar-refractivity contribution in [3.8, 4) is 0 Å². The zero-order valence-corrected chi connectivity index (χ0v) is 19.0. The van der Waals surface area contributed by atoms with Crippen molar-refractivity contribution in [2.45, 2.75) is 81.0 Å². The van der Waals surface area contributed by atoms with Crippen LogP contribution >= 0.6 is 0 Å². The van der Waals surface area contributed by atoms with Crippen LogP contribution in [0, 0.1) is 5.92 Å². The van der Waals surface area contributed by atoms with Gasteiger partial charge < -0.3 is 19.7 Å². The van der Waals surface area contributed by atoms with Gasteiger partial charge in [0.1, 0.15) is 6.29 Å². The Morgan fingerprint density at radius 1 is 1.13 bits per heavy atom. The normalized spacial score (nSPS) is 40.6. The summed E-state index contributed by atoms with van der Waals surface area (Å²) in [7, 11) is 19.5. The second kappa shape index (κ2) is 10.3. The Morgan fingerprint density at radius 3 is 2.74 bits per heavy atom. The molecule has 1 aliphatic carbocycles. The van der Waals surface area contributed by atoms with Crippen LogP contribution in [0.3, 0.4) is 0 Å². The number of likely N-dealkylation sites (N-methyl/N-ethyl adjacent to an activating group) is 1. The predicted molar refractivity (Wildman–Crippen MR) is 125 cm³/mol. The Bertz CT molecular complexity index is 635. The number of ether oxygens (including phenoxy) is 2. The zero-order chi connectivity index (χ0) is 22.0. The van der Waals surface area contributed by atoms with Gasteiger partial charge in [0.2, 0.25) is 0 Å². The molecule has 2 saturated heterocycles. The monoisotopic (exact) mass is 423 g/mol. The lowest BCUT2D eigenvalue weighted by molar-refractivity contribution is -0.173. The molecule has 6 radical (unpaired) electrons. The van der Waals surface area contributed by atoms with E-state index in [0.29, 0.717) is 31.2 Å². The van der Waals surface area contributed by atoms with Crippen LogP contribution in [0.1, 0.15) is 39.0 Å². The maximum absolute atomic E-state index is 6.25. The van der Waals surface area contributed by atoms with Gasteiger partial charge in [0.15, 0.2) is 0 Å². The topological polar surface area (TPSA) is 69.8 Å². The molecule has 4 rings (SSSR count). The van der Waals surface area contributed by atoms with E-state index in [4.69, 9.17) is 33.0 Å². The smallest absolute Gasteiger partial charge is 0.113 e. The fourth-order valence-electron chi connectivity index (χ4n) is 5.59. The van der Waals surface area contributed by atoms with Crippen molar-refractivity contribution in [2.24, 2.45) is 5.92 Å². The summed E-state index contributed by atoms with van der Waals surface area (Å²) < 4.78 is 12.4. The van der Waals surface area contributed by atoms with Crippen molar-refractivity contribution < 1.29 is 9.47 Å². The van der Waals surface area contributed by atoms with Gasteiger partial charge in [-0.05, 0) is 52.6 Å². The van der Waals surface area contributed by atoms with Crippen molar-refractivity contribution >= 4 is 23.5 Å².